The summed E-state index contributed by atoms with van der Waals surface area (Å²) >= 11 is 0. The summed E-state index contributed by atoms with van der Waals surface area (Å²) in [4.78, 5) is 23.4. The number of carboxylic acids is 1. The fourth-order valence-electron chi connectivity index (χ4n) is 2.15. The molecule has 0 amide bonds. The predicted molar refractivity (Wildman–Crippen MR) is 65.1 cm³/mol. The van der Waals surface area contributed by atoms with Gasteiger partial charge in [-0.1, -0.05) is 18.0 Å². The number of carbonyl (C=O) groups is 1. The minimum Gasteiger partial charge on any atom is -0.476 e. The van der Waals surface area contributed by atoms with Crippen LogP contribution >= 0.6 is 0 Å². The maximum atomic E-state index is 12.1. The first-order valence-corrected chi connectivity index (χ1v) is 6.18. The lowest BCUT2D eigenvalue weighted by atomic mass is 10.2. The van der Waals surface area contributed by atoms with Crippen LogP contribution in [0, 0.1) is 12.8 Å². The van der Waals surface area contributed by atoms with Crippen molar-refractivity contribution in [1.29, 1.82) is 0 Å². The Balaban J connectivity index is 2.14. The molecule has 2 heterocycles. The van der Waals surface area contributed by atoms with Crippen LogP contribution in [-0.2, 0) is 6.54 Å². The molecule has 2 aromatic rings. The zero-order valence-electron chi connectivity index (χ0n) is 10.4. The van der Waals surface area contributed by atoms with Gasteiger partial charge in [0.25, 0.3) is 5.56 Å². The van der Waals surface area contributed by atoms with Crippen LogP contribution in [0.1, 0.15) is 35.5 Å². The second-order valence-electron chi connectivity index (χ2n) is 4.88. The van der Waals surface area contributed by atoms with Crippen LogP contribution in [0.3, 0.4) is 0 Å². The van der Waals surface area contributed by atoms with E-state index >= 15 is 0 Å². The van der Waals surface area contributed by atoms with Crippen LogP contribution in [0.4, 0.5) is 0 Å². The quantitative estimate of drug-likeness (QED) is 0.889. The van der Waals surface area contributed by atoms with Gasteiger partial charge in [-0.2, -0.15) is 5.10 Å². The molecule has 19 heavy (non-hydrogen) atoms. The molecule has 7 nitrogen and oxygen atoms in total. The number of aromatic carboxylic acids is 1. The molecule has 1 aliphatic carbocycles. The van der Waals surface area contributed by atoms with Gasteiger partial charge in [-0.15, -0.1) is 0 Å². The molecule has 1 aliphatic rings. The van der Waals surface area contributed by atoms with Crippen molar-refractivity contribution in [3.05, 3.63) is 21.8 Å². The smallest absolute Gasteiger partial charge is 0.357 e. The first-order valence-electron chi connectivity index (χ1n) is 6.18. The topological polar surface area (TPSA) is 98.2 Å². The summed E-state index contributed by atoms with van der Waals surface area (Å²) in [7, 11) is 0. The third-order valence-corrected chi connectivity index (χ3v) is 3.41. The lowest BCUT2D eigenvalue weighted by Crippen LogP contribution is -2.26. The fourth-order valence-corrected chi connectivity index (χ4v) is 2.15. The average Bonchev–Trinajstić information content (AvgIpc) is 3.12. The summed E-state index contributed by atoms with van der Waals surface area (Å²) in [5.74, 6) is -0.250. The SMILES string of the molecule is Cc1onc2c(=O)n(CCC3CC3)nc(C(=O)O)c12. The van der Waals surface area contributed by atoms with Crippen LogP contribution in [-0.4, -0.2) is 26.0 Å². The second kappa shape index (κ2) is 4.18. The molecule has 0 radical (unpaired) electrons. The minimum atomic E-state index is -1.18. The van der Waals surface area contributed by atoms with Gasteiger partial charge in [-0.25, -0.2) is 9.48 Å². The Morgan fingerprint density at radius 1 is 1.53 bits per heavy atom. The van der Waals surface area contributed by atoms with Crippen LogP contribution in [0.2, 0.25) is 0 Å². The lowest BCUT2D eigenvalue weighted by Gasteiger charge is -2.05. The van der Waals surface area contributed by atoms with Gasteiger partial charge in [-0.3, -0.25) is 4.79 Å². The van der Waals surface area contributed by atoms with Gasteiger partial charge in [-0.05, 0) is 19.3 Å². The fraction of sp³-hybridized carbons (Fsp3) is 0.500. The lowest BCUT2D eigenvalue weighted by molar-refractivity contribution is 0.0689. The second-order valence-corrected chi connectivity index (χ2v) is 4.88. The van der Waals surface area contributed by atoms with E-state index in [0.717, 1.165) is 6.42 Å². The highest BCUT2D eigenvalue weighted by atomic mass is 16.5. The van der Waals surface area contributed by atoms with Crippen molar-refractivity contribution in [2.45, 2.75) is 32.7 Å². The molecule has 2 aromatic heterocycles. The molecule has 0 aromatic carbocycles. The maximum Gasteiger partial charge on any atom is 0.357 e. The Kier molecular flexibility index (Phi) is 2.62. The molecule has 0 atom stereocenters. The van der Waals surface area contributed by atoms with Gasteiger partial charge < -0.3 is 9.63 Å². The molecular formula is C12H13N3O4. The maximum absolute atomic E-state index is 12.1. The van der Waals surface area contributed by atoms with Crippen LogP contribution in [0.25, 0.3) is 10.9 Å². The van der Waals surface area contributed by atoms with E-state index < -0.39 is 11.5 Å². The van der Waals surface area contributed by atoms with E-state index in [1.54, 1.807) is 6.92 Å². The summed E-state index contributed by atoms with van der Waals surface area (Å²) in [6.45, 7) is 1.99. The van der Waals surface area contributed by atoms with E-state index in [9.17, 15) is 14.7 Å². The van der Waals surface area contributed by atoms with E-state index in [1.807, 2.05) is 0 Å². The number of aromatic nitrogens is 3. The molecule has 100 valence electrons. The Morgan fingerprint density at radius 2 is 2.26 bits per heavy atom. The summed E-state index contributed by atoms with van der Waals surface area (Å²) in [5.41, 5.74) is -0.526. The highest BCUT2D eigenvalue weighted by molar-refractivity contribution is 6.00. The van der Waals surface area contributed by atoms with Crippen molar-refractivity contribution in [1.82, 2.24) is 14.9 Å². The Morgan fingerprint density at radius 3 is 2.89 bits per heavy atom. The molecule has 0 unspecified atom stereocenters. The molecule has 7 heteroatoms. The Bertz CT molecular complexity index is 712. The first kappa shape index (κ1) is 11.9. The number of rotatable bonds is 4. The van der Waals surface area contributed by atoms with E-state index in [2.05, 4.69) is 10.3 Å². The first-order chi connectivity index (χ1) is 9.08. The number of aryl methyl sites for hydroxylation is 2. The van der Waals surface area contributed by atoms with E-state index in [0.29, 0.717) is 18.2 Å². The zero-order chi connectivity index (χ0) is 13.6. The predicted octanol–water partition coefficient (Wildman–Crippen LogP) is 1.19. The van der Waals surface area contributed by atoms with Gasteiger partial charge in [0.1, 0.15) is 5.76 Å². The van der Waals surface area contributed by atoms with Crippen molar-refractivity contribution in [2.24, 2.45) is 5.92 Å². The number of nitrogens with zero attached hydrogens (tertiary/aromatic N) is 3. The Labute approximate surface area is 107 Å². The minimum absolute atomic E-state index is 0.0423. The van der Waals surface area contributed by atoms with E-state index in [-0.39, 0.29) is 16.6 Å². The van der Waals surface area contributed by atoms with Crippen molar-refractivity contribution < 1.29 is 14.4 Å². The zero-order valence-corrected chi connectivity index (χ0v) is 10.4. The number of hydrogen-bond acceptors (Lipinski definition) is 5. The highest BCUT2D eigenvalue weighted by Crippen LogP contribution is 2.32. The van der Waals surface area contributed by atoms with Gasteiger partial charge >= 0.3 is 5.97 Å². The van der Waals surface area contributed by atoms with Gasteiger partial charge in [0.15, 0.2) is 11.2 Å². The average molecular weight is 263 g/mol. The normalized spacial score (nSPS) is 15.0. The molecule has 1 saturated carbocycles. The molecule has 0 spiro atoms. The summed E-state index contributed by atoms with van der Waals surface area (Å²) in [6, 6.07) is 0. The van der Waals surface area contributed by atoms with Crippen molar-refractivity contribution >= 4 is 16.9 Å². The van der Waals surface area contributed by atoms with Crippen LogP contribution in [0.15, 0.2) is 9.32 Å². The largest absolute Gasteiger partial charge is 0.476 e. The third-order valence-electron chi connectivity index (χ3n) is 3.41. The van der Waals surface area contributed by atoms with Gasteiger partial charge in [0.05, 0.1) is 5.39 Å². The van der Waals surface area contributed by atoms with Crippen LogP contribution in [0.5, 0.6) is 0 Å². The van der Waals surface area contributed by atoms with Gasteiger partial charge in [0.2, 0.25) is 0 Å². The van der Waals surface area contributed by atoms with Crippen molar-refractivity contribution in [3.63, 3.8) is 0 Å². The standard InChI is InChI=1S/C12H13N3O4/c1-6-8-9(14-19-6)11(16)15(5-4-7-2-3-7)13-10(8)12(17)18/h7H,2-5H2,1H3,(H,17,18). The summed E-state index contributed by atoms with van der Waals surface area (Å²) in [6.07, 6.45) is 3.19. The van der Waals surface area contributed by atoms with E-state index in [1.165, 1.54) is 17.5 Å². The molecule has 0 saturated heterocycles. The highest BCUT2D eigenvalue weighted by Gasteiger charge is 2.24. The molecule has 1 fully saturated rings. The monoisotopic (exact) mass is 263 g/mol. The van der Waals surface area contributed by atoms with E-state index in [4.69, 9.17) is 4.52 Å². The van der Waals surface area contributed by atoms with Crippen LogP contribution < -0.4 is 5.56 Å². The third kappa shape index (κ3) is 2.00. The summed E-state index contributed by atoms with van der Waals surface area (Å²) < 4.78 is 6.10. The van der Waals surface area contributed by atoms with Gasteiger partial charge in [0, 0.05) is 6.54 Å². The number of carboxylic acid groups (broad SMARTS) is 1. The summed E-state index contributed by atoms with van der Waals surface area (Å²) in [5, 5.41) is 17.0. The molecular weight excluding hydrogens is 250 g/mol. The molecule has 3 rings (SSSR count). The molecule has 0 aliphatic heterocycles. The Hall–Kier alpha value is -2.18. The number of hydrogen-bond donors (Lipinski definition) is 1. The van der Waals surface area contributed by atoms with Crippen molar-refractivity contribution in [2.75, 3.05) is 0 Å². The number of fused-ring (bicyclic) bond motifs is 1. The molecule has 1 N–H and O–H groups in total. The van der Waals surface area contributed by atoms with Crippen molar-refractivity contribution in [3.8, 4) is 0 Å². The molecule has 0 bridgehead atoms.